The minimum absolute atomic E-state index is 0.0251. The SMILES string of the molecule is Cc1c(C(=O)N(Cc2cccc(F)c2)CC2CCCO2)nnn1-c1cccc(Br)c1. The number of ether oxygens (including phenoxy) is 1. The molecule has 0 spiro atoms. The predicted octanol–water partition coefficient (Wildman–Crippen LogP) is 4.30. The zero-order valence-electron chi connectivity index (χ0n) is 16.6. The molecule has 1 aliphatic rings. The number of hydrogen-bond donors (Lipinski definition) is 0. The molecule has 0 N–H and O–H groups in total. The Morgan fingerprint density at radius 1 is 1.30 bits per heavy atom. The van der Waals surface area contributed by atoms with Gasteiger partial charge in [-0.05, 0) is 55.7 Å². The monoisotopic (exact) mass is 472 g/mol. The van der Waals surface area contributed by atoms with Gasteiger partial charge in [-0.2, -0.15) is 0 Å². The normalized spacial score (nSPS) is 16.0. The maximum atomic E-state index is 13.7. The molecule has 1 fully saturated rings. The third-order valence-corrected chi connectivity index (χ3v) is 5.64. The Balaban J connectivity index is 1.62. The van der Waals surface area contributed by atoms with E-state index in [4.69, 9.17) is 4.74 Å². The van der Waals surface area contributed by atoms with Crippen molar-refractivity contribution in [2.24, 2.45) is 0 Å². The van der Waals surface area contributed by atoms with E-state index in [1.807, 2.05) is 37.3 Å². The third-order valence-electron chi connectivity index (χ3n) is 5.15. The summed E-state index contributed by atoms with van der Waals surface area (Å²) in [5.74, 6) is -0.567. The first-order valence-electron chi connectivity index (χ1n) is 9.85. The first-order valence-corrected chi connectivity index (χ1v) is 10.6. The van der Waals surface area contributed by atoms with Crippen molar-refractivity contribution < 1.29 is 13.9 Å². The highest BCUT2D eigenvalue weighted by Crippen LogP contribution is 2.21. The lowest BCUT2D eigenvalue weighted by Crippen LogP contribution is -2.37. The molecule has 2 heterocycles. The van der Waals surface area contributed by atoms with Gasteiger partial charge >= 0.3 is 0 Å². The third kappa shape index (κ3) is 4.60. The van der Waals surface area contributed by atoms with Gasteiger partial charge in [-0.3, -0.25) is 4.79 Å². The second-order valence-electron chi connectivity index (χ2n) is 7.37. The van der Waals surface area contributed by atoms with E-state index in [9.17, 15) is 9.18 Å². The van der Waals surface area contributed by atoms with Crippen LogP contribution in [0.4, 0.5) is 4.39 Å². The summed E-state index contributed by atoms with van der Waals surface area (Å²) in [5.41, 5.74) is 2.46. The molecular formula is C22H22BrFN4O2. The molecule has 8 heteroatoms. The largest absolute Gasteiger partial charge is 0.376 e. The van der Waals surface area contributed by atoms with Gasteiger partial charge in [0.25, 0.3) is 5.91 Å². The molecule has 0 aliphatic carbocycles. The molecule has 1 amide bonds. The average Bonchev–Trinajstić information content (AvgIpc) is 3.36. The smallest absolute Gasteiger partial charge is 0.276 e. The van der Waals surface area contributed by atoms with Crippen LogP contribution < -0.4 is 0 Å². The van der Waals surface area contributed by atoms with Gasteiger partial charge in [0.05, 0.1) is 17.5 Å². The summed E-state index contributed by atoms with van der Waals surface area (Å²) in [6, 6.07) is 13.9. The summed E-state index contributed by atoms with van der Waals surface area (Å²) in [6.45, 7) is 3.23. The van der Waals surface area contributed by atoms with E-state index in [0.717, 1.165) is 28.6 Å². The fourth-order valence-electron chi connectivity index (χ4n) is 3.64. The van der Waals surface area contributed by atoms with Crippen LogP contribution in [0.3, 0.4) is 0 Å². The first kappa shape index (κ1) is 20.7. The van der Waals surface area contributed by atoms with E-state index in [0.29, 0.717) is 18.8 Å². The van der Waals surface area contributed by atoms with E-state index in [2.05, 4.69) is 26.2 Å². The summed E-state index contributed by atoms with van der Waals surface area (Å²) in [5, 5.41) is 8.36. The lowest BCUT2D eigenvalue weighted by Gasteiger charge is -2.25. The number of benzene rings is 2. The summed E-state index contributed by atoms with van der Waals surface area (Å²) < 4.78 is 22.0. The minimum Gasteiger partial charge on any atom is -0.376 e. The number of hydrogen-bond acceptors (Lipinski definition) is 4. The molecule has 1 saturated heterocycles. The van der Waals surface area contributed by atoms with Gasteiger partial charge in [-0.15, -0.1) is 5.10 Å². The van der Waals surface area contributed by atoms with Gasteiger partial charge < -0.3 is 9.64 Å². The number of rotatable bonds is 6. The van der Waals surface area contributed by atoms with Crippen molar-refractivity contribution in [2.45, 2.75) is 32.4 Å². The molecule has 1 aromatic heterocycles. The van der Waals surface area contributed by atoms with E-state index in [1.54, 1.807) is 15.6 Å². The van der Waals surface area contributed by atoms with Gasteiger partial charge in [0.1, 0.15) is 5.82 Å². The van der Waals surface area contributed by atoms with Gasteiger partial charge in [0.2, 0.25) is 0 Å². The van der Waals surface area contributed by atoms with Crippen molar-refractivity contribution in [1.29, 1.82) is 0 Å². The Bertz CT molecular complexity index is 1050. The summed E-state index contributed by atoms with van der Waals surface area (Å²) >= 11 is 3.45. The quantitative estimate of drug-likeness (QED) is 0.536. The van der Waals surface area contributed by atoms with Gasteiger partial charge in [-0.1, -0.05) is 39.3 Å². The van der Waals surface area contributed by atoms with Crippen LogP contribution >= 0.6 is 15.9 Å². The van der Waals surface area contributed by atoms with Crippen molar-refractivity contribution in [2.75, 3.05) is 13.2 Å². The van der Waals surface area contributed by atoms with Gasteiger partial charge in [0.15, 0.2) is 5.69 Å². The fourth-order valence-corrected chi connectivity index (χ4v) is 4.03. The molecule has 0 bridgehead atoms. The Morgan fingerprint density at radius 2 is 2.13 bits per heavy atom. The molecular weight excluding hydrogens is 451 g/mol. The molecule has 1 unspecified atom stereocenters. The summed E-state index contributed by atoms with van der Waals surface area (Å²) in [7, 11) is 0. The predicted molar refractivity (Wildman–Crippen MR) is 114 cm³/mol. The maximum absolute atomic E-state index is 13.7. The molecule has 4 rings (SSSR count). The number of carbonyl (C=O) groups is 1. The number of amides is 1. The van der Waals surface area contributed by atoms with Crippen LogP contribution in [0.5, 0.6) is 0 Å². The number of carbonyl (C=O) groups excluding carboxylic acids is 1. The Hall–Kier alpha value is -2.58. The highest BCUT2D eigenvalue weighted by molar-refractivity contribution is 9.10. The topological polar surface area (TPSA) is 60.3 Å². The molecule has 1 aliphatic heterocycles. The van der Waals surface area contributed by atoms with Crippen molar-refractivity contribution in [3.8, 4) is 5.69 Å². The first-order chi connectivity index (χ1) is 14.5. The van der Waals surface area contributed by atoms with Crippen LogP contribution in [0.2, 0.25) is 0 Å². The molecule has 2 aromatic carbocycles. The van der Waals surface area contributed by atoms with E-state index < -0.39 is 0 Å². The lowest BCUT2D eigenvalue weighted by atomic mass is 10.1. The molecule has 30 heavy (non-hydrogen) atoms. The summed E-state index contributed by atoms with van der Waals surface area (Å²) in [6.07, 6.45) is 1.85. The molecule has 0 saturated carbocycles. The van der Waals surface area contributed by atoms with E-state index >= 15 is 0 Å². The van der Waals surface area contributed by atoms with Crippen molar-refractivity contribution in [3.63, 3.8) is 0 Å². The van der Waals surface area contributed by atoms with Crippen LogP contribution in [-0.2, 0) is 11.3 Å². The lowest BCUT2D eigenvalue weighted by molar-refractivity contribution is 0.0502. The van der Waals surface area contributed by atoms with Crippen molar-refractivity contribution in [1.82, 2.24) is 19.9 Å². The Kier molecular flexibility index (Phi) is 6.24. The Labute approximate surface area is 182 Å². The van der Waals surface area contributed by atoms with Crippen LogP contribution in [0.1, 0.15) is 34.6 Å². The number of nitrogens with zero attached hydrogens (tertiary/aromatic N) is 4. The van der Waals surface area contributed by atoms with Crippen LogP contribution in [0.15, 0.2) is 53.0 Å². The van der Waals surface area contributed by atoms with E-state index in [1.165, 1.54) is 12.1 Å². The minimum atomic E-state index is -0.325. The number of halogens is 2. The van der Waals surface area contributed by atoms with Crippen LogP contribution in [-0.4, -0.2) is 45.1 Å². The van der Waals surface area contributed by atoms with E-state index in [-0.39, 0.29) is 30.1 Å². The van der Waals surface area contributed by atoms with Gasteiger partial charge in [0, 0.05) is 24.2 Å². The second-order valence-corrected chi connectivity index (χ2v) is 8.28. The molecule has 0 radical (unpaired) electrons. The molecule has 1 atom stereocenters. The second kappa shape index (κ2) is 9.06. The highest BCUT2D eigenvalue weighted by atomic mass is 79.9. The fraction of sp³-hybridized carbons (Fsp3) is 0.318. The highest BCUT2D eigenvalue weighted by Gasteiger charge is 2.27. The van der Waals surface area contributed by atoms with Crippen LogP contribution in [0.25, 0.3) is 5.69 Å². The molecule has 156 valence electrons. The number of aromatic nitrogens is 3. The molecule has 6 nitrogen and oxygen atoms in total. The van der Waals surface area contributed by atoms with Gasteiger partial charge in [-0.25, -0.2) is 9.07 Å². The van der Waals surface area contributed by atoms with Crippen LogP contribution in [0, 0.1) is 12.7 Å². The average molecular weight is 473 g/mol. The zero-order valence-corrected chi connectivity index (χ0v) is 18.2. The summed E-state index contributed by atoms with van der Waals surface area (Å²) in [4.78, 5) is 15.1. The zero-order chi connectivity index (χ0) is 21.1. The maximum Gasteiger partial charge on any atom is 0.276 e. The van der Waals surface area contributed by atoms with Crippen molar-refractivity contribution >= 4 is 21.8 Å². The molecule has 3 aromatic rings. The standard InChI is InChI=1S/C22H22BrFN4O2/c1-15-21(25-26-28(15)19-8-3-6-17(23)12-19)22(29)27(14-20-9-4-10-30-20)13-16-5-2-7-18(24)11-16/h2-3,5-8,11-12,20H,4,9-10,13-14H2,1H3. The van der Waals surface area contributed by atoms with Crippen molar-refractivity contribution in [3.05, 3.63) is 75.8 Å². The Morgan fingerprint density at radius 3 is 2.87 bits per heavy atom.